The Morgan fingerprint density at radius 1 is 1.19 bits per heavy atom. The summed E-state index contributed by atoms with van der Waals surface area (Å²) in [7, 11) is 0. The third kappa shape index (κ3) is 4.30. The number of nitrogen functional groups attached to an aromatic ring is 1. The van der Waals surface area contributed by atoms with E-state index in [4.69, 9.17) is 5.73 Å². The molecule has 1 aromatic carbocycles. The van der Waals surface area contributed by atoms with Gasteiger partial charge in [0, 0.05) is 30.0 Å². The lowest BCUT2D eigenvalue weighted by molar-refractivity contribution is 0.285. The van der Waals surface area contributed by atoms with E-state index in [2.05, 4.69) is 50.1 Å². The lowest BCUT2D eigenvalue weighted by Gasteiger charge is -2.28. The second-order valence-corrected chi connectivity index (χ2v) is 6.64. The van der Waals surface area contributed by atoms with E-state index >= 15 is 0 Å². The largest absolute Gasteiger partial charge is 0.399 e. The average Bonchev–Trinajstić information content (AvgIpc) is 2.44. The van der Waals surface area contributed by atoms with Gasteiger partial charge >= 0.3 is 0 Å². The summed E-state index contributed by atoms with van der Waals surface area (Å²) < 4.78 is 0. The summed E-state index contributed by atoms with van der Waals surface area (Å²) in [6.07, 6.45) is 1.86. The van der Waals surface area contributed by atoms with Gasteiger partial charge in [-0.2, -0.15) is 0 Å². The summed E-state index contributed by atoms with van der Waals surface area (Å²) in [5, 5.41) is 3.58. The van der Waals surface area contributed by atoms with Gasteiger partial charge in [-0.3, -0.25) is 4.98 Å². The molecular formula is C18H25N3. The lowest BCUT2D eigenvalue weighted by Crippen LogP contribution is -2.37. The van der Waals surface area contributed by atoms with Crippen LogP contribution in [0.15, 0.2) is 42.6 Å². The van der Waals surface area contributed by atoms with Crippen LogP contribution < -0.4 is 11.1 Å². The van der Waals surface area contributed by atoms with Crippen molar-refractivity contribution in [1.82, 2.24) is 10.3 Å². The fourth-order valence-corrected chi connectivity index (χ4v) is 2.02. The highest BCUT2D eigenvalue weighted by Gasteiger charge is 2.19. The Bertz CT molecular complexity index is 599. The minimum atomic E-state index is 0.254. The zero-order chi connectivity index (χ0) is 15.5. The monoisotopic (exact) mass is 283 g/mol. The van der Waals surface area contributed by atoms with E-state index < -0.39 is 0 Å². The van der Waals surface area contributed by atoms with Crippen LogP contribution in [0, 0.1) is 5.41 Å². The van der Waals surface area contributed by atoms with Crippen LogP contribution in [0.4, 0.5) is 5.69 Å². The zero-order valence-electron chi connectivity index (χ0n) is 13.4. The number of aromatic nitrogens is 1. The minimum absolute atomic E-state index is 0.254. The number of pyridine rings is 1. The molecule has 0 spiro atoms. The normalized spacial score (nSPS) is 13.1. The van der Waals surface area contributed by atoms with Crippen LogP contribution in [-0.2, 0) is 6.54 Å². The zero-order valence-corrected chi connectivity index (χ0v) is 13.4. The number of hydrogen-bond donors (Lipinski definition) is 2. The Kier molecular flexibility index (Phi) is 4.63. The number of nitrogens with zero attached hydrogens (tertiary/aromatic N) is 1. The molecule has 3 N–H and O–H groups in total. The van der Waals surface area contributed by atoms with Crippen LogP contribution in [0.25, 0.3) is 11.3 Å². The Labute approximate surface area is 127 Å². The molecule has 0 fully saturated rings. The molecule has 1 atom stereocenters. The van der Waals surface area contributed by atoms with Gasteiger partial charge in [0.1, 0.15) is 0 Å². The first-order chi connectivity index (χ1) is 9.86. The Balaban J connectivity index is 2.12. The lowest BCUT2D eigenvalue weighted by atomic mass is 9.88. The van der Waals surface area contributed by atoms with Gasteiger partial charge in [-0.25, -0.2) is 0 Å². The number of benzene rings is 1. The predicted molar refractivity (Wildman–Crippen MR) is 89.8 cm³/mol. The molecule has 21 heavy (non-hydrogen) atoms. The van der Waals surface area contributed by atoms with Gasteiger partial charge in [-0.1, -0.05) is 32.9 Å². The van der Waals surface area contributed by atoms with E-state index in [1.807, 2.05) is 30.5 Å². The molecule has 0 aliphatic rings. The molecule has 0 aliphatic carbocycles. The fraction of sp³-hybridized carbons (Fsp3) is 0.389. The van der Waals surface area contributed by atoms with Crippen molar-refractivity contribution in [2.24, 2.45) is 5.41 Å². The van der Waals surface area contributed by atoms with Crippen LogP contribution >= 0.6 is 0 Å². The van der Waals surface area contributed by atoms with E-state index in [0.717, 1.165) is 23.5 Å². The highest BCUT2D eigenvalue weighted by atomic mass is 14.9. The highest BCUT2D eigenvalue weighted by molar-refractivity contribution is 5.64. The van der Waals surface area contributed by atoms with Crippen molar-refractivity contribution < 1.29 is 0 Å². The molecule has 0 radical (unpaired) electrons. The summed E-state index contributed by atoms with van der Waals surface area (Å²) in [4.78, 5) is 4.44. The first-order valence-electron chi connectivity index (χ1n) is 7.40. The quantitative estimate of drug-likeness (QED) is 0.838. The highest BCUT2D eigenvalue weighted by Crippen LogP contribution is 2.21. The summed E-state index contributed by atoms with van der Waals surface area (Å²) in [6, 6.07) is 12.5. The third-order valence-electron chi connectivity index (χ3n) is 3.92. The van der Waals surface area contributed by atoms with Crippen LogP contribution in [0.3, 0.4) is 0 Å². The summed E-state index contributed by atoms with van der Waals surface area (Å²) in [5.74, 6) is 0. The number of rotatable bonds is 4. The van der Waals surface area contributed by atoms with Crippen molar-refractivity contribution in [3.8, 4) is 11.3 Å². The van der Waals surface area contributed by atoms with Crippen LogP contribution in [0.5, 0.6) is 0 Å². The maximum atomic E-state index is 5.84. The second-order valence-electron chi connectivity index (χ2n) is 6.64. The molecule has 0 saturated heterocycles. The number of anilines is 1. The second kappa shape index (κ2) is 6.27. The Morgan fingerprint density at radius 2 is 1.95 bits per heavy atom. The van der Waals surface area contributed by atoms with Crippen molar-refractivity contribution in [3.63, 3.8) is 0 Å². The number of hydrogen-bond acceptors (Lipinski definition) is 3. The third-order valence-corrected chi connectivity index (χ3v) is 3.92. The van der Waals surface area contributed by atoms with Gasteiger partial charge in [0.05, 0.1) is 5.69 Å². The average molecular weight is 283 g/mol. The molecule has 3 nitrogen and oxygen atoms in total. The Hall–Kier alpha value is -1.87. The summed E-state index contributed by atoms with van der Waals surface area (Å²) in [6.45, 7) is 9.80. The molecule has 0 aliphatic heterocycles. The number of nitrogens with two attached hydrogens (primary N) is 1. The summed E-state index contributed by atoms with van der Waals surface area (Å²) in [5.41, 5.74) is 10.1. The molecule has 1 aromatic heterocycles. The van der Waals surface area contributed by atoms with E-state index in [1.165, 1.54) is 5.56 Å². The van der Waals surface area contributed by atoms with E-state index in [1.54, 1.807) is 0 Å². The molecular weight excluding hydrogens is 258 g/mol. The van der Waals surface area contributed by atoms with Gasteiger partial charge in [0.15, 0.2) is 0 Å². The van der Waals surface area contributed by atoms with Gasteiger partial charge in [-0.05, 0) is 42.2 Å². The van der Waals surface area contributed by atoms with Gasteiger partial charge in [-0.15, -0.1) is 0 Å². The van der Waals surface area contributed by atoms with E-state index in [0.29, 0.717) is 6.04 Å². The van der Waals surface area contributed by atoms with Gasteiger partial charge in [0.25, 0.3) is 0 Å². The maximum Gasteiger partial charge on any atom is 0.0705 e. The van der Waals surface area contributed by atoms with Crippen LogP contribution in [0.1, 0.15) is 33.3 Å². The van der Waals surface area contributed by atoms with E-state index in [9.17, 15) is 0 Å². The fourth-order valence-electron chi connectivity index (χ4n) is 2.02. The maximum absolute atomic E-state index is 5.84. The van der Waals surface area contributed by atoms with Gasteiger partial charge in [0.2, 0.25) is 0 Å². The first-order valence-corrected chi connectivity index (χ1v) is 7.40. The van der Waals surface area contributed by atoms with Gasteiger partial charge < -0.3 is 11.1 Å². The topological polar surface area (TPSA) is 50.9 Å². The van der Waals surface area contributed by atoms with Crippen molar-refractivity contribution in [2.75, 3.05) is 5.73 Å². The molecule has 0 amide bonds. The number of nitrogens with one attached hydrogen (secondary N) is 1. The molecule has 1 unspecified atom stereocenters. The van der Waals surface area contributed by atoms with Crippen molar-refractivity contribution >= 4 is 5.69 Å². The molecule has 2 aromatic rings. The van der Waals surface area contributed by atoms with E-state index in [-0.39, 0.29) is 5.41 Å². The molecule has 1 heterocycles. The molecule has 2 rings (SSSR count). The molecule has 112 valence electrons. The van der Waals surface area contributed by atoms with Crippen molar-refractivity contribution in [2.45, 2.75) is 40.3 Å². The Morgan fingerprint density at radius 3 is 2.62 bits per heavy atom. The summed E-state index contributed by atoms with van der Waals surface area (Å²) >= 11 is 0. The first kappa shape index (κ1) is 15.5. The molecule has 0 saturated carbocycles. The minimum Gasteiger partial charge on any atom is -0.399 e. The van der Waals surface area contributed by atoms with Crippen LogP contribution in [0.2, 0.25) is 0 Å². The predicted octanol–water partition coefficient (Wildman–Crippen LogP) is 3.86. The molecule has 3 heteroatoms. The standard InChI is InChI=1S/C18H25N3/c1-13(18(2,3)4)21-12-14-8-9-20-17(10-14)15-6-5-7-16(19)11-15/h5-11,13,21H,12,19H2,1-4H3. The van der Waals surface area contributed by atoms with Crippen molar-refractivity contribution in [1.29, 1.82) is 0 Å². The molecule has 0 bridgehead atoms. The SMILES string of the molecule is CC(NCc1ccnc(-c2cccc(N)c2)c1)C(C)(C)C. The smallest absolute Gasteiger partial charge is 0.0705 e. The van der Waals surface area contributed by atoms with Crippen LogP contribution in [-0.4, -0.2) is 11.0 Å². The van der Waals surface area contributed by atoms with Crippen molar-refractivity contribution in [3.05, 3.63) is 48.2 Å².